The topological polar surface area (TPSA) is 174 Å². The van der Waals surface area contributed by atoms with Gasteiger partial charge in [-0.25, -0.2) is 9.78 Å². The Labute approximate surface area is 190 Å². The monoisotopic (exact) mass is 481 g/mol. The third kappa shape index (κ3) is 4.60. The van der Waals surface area contributed by atoms with Crippen LogP contribution in [-0.4, -0.2) is 68.5 Å². The van der Waals surface area contributed by atoms with Crippen molar-refractivity contribution in [1.82, 2.24) is 15.2 Å². The van der Waals surface area contributed by atoms with Gasteiger partial charge in [-0.15, -0.1) is 23.1 Å². The fourth-order valence-electron chi connectivity index (χ4n) is 3.01. The number of carbonyl (C=O) groups excluding carboxylic acids is 4. The van der Waals surface area contributed by atoms with Crippen LogP contribution < -0.4 is 11.1 Å². The van der Waals surface area contributed by atoms with Gasteiger partial charge in [0.25, 0.3) is 11.8 Å². The molecule has 3 heterocycles. The van der Waals surface area contributed by atoms with Gasteiger partial charge in [0, 0.05) is 18.1 Å². The van der Waals surface area contributed by atoms with Crippen LogP contribution in [0, 0.1) is 0 Å². The Morgan fingerprint density at radius 3 is 2.78 bits per heavy atom. The molecule has 0 radical (unpaired) electrons. The fourth-order valence-corrected chi connectivity index (χ4v) is 4.88. The number of rotatable bonds is 7. The van der Waals surface area contributed by atoms with E-state index in [4.69, 9.17) is 10.5 Å². The lowest BCUT2D eigenvalue weighted by atomic mass is 10.0. The number of allylic oxidation sites excluding steroid dienone is 2. The highest BCUT2D eigenvalue weighted by atomic mass is 32.2. The Hall–Kier alpha value is -3.39. The van der Waals surface area contributed by atoms with Crippen LogP contribution in [0.1, 0.15) is 19.5 Å². The smallest absolute Gasteiger partial charge is 0.358 e. The van der Waals surface area contributed by atoms with Gasteiger partial charge in [0.15, 0.2) is 10.8 Å². The molecule has 32 heavy (non-hydrogen) atoms. The molecule has 0 aliphatic carbocycles. The minimum absolute atomic E-state index is 0.0119. The Bertz CT molecular complexity index is 1050. The summed E-state index contributed by atoms with van der Waals surface area (Å²) in [5.74, 6) is -2.46. The van der Waals surface area contributed by atoms with E-state index in [-0.39, 0.29) is 16.5 Å². The summed E-state index contributed by atoms with van der Waals surface area (Å²) >= 11 is 2.40. The summed E-state index contributed by atoms with van der Waals surface area (Å²) < 4.78 is 9.59. The predicted octanol–water partition coefficient (Wildman–Crippen LogP) is 0.198. The third-order valence-electron chi connectivity index (χ3n) is 4.38. The predicted molar refractivity (Wildman–Crippen MR) is 114 cm³/mol. The normalized spacial score (nSPS) is 20.6. The number of hydrogen-bond donors (Lipinski definition) is 3. The molecule has 2 amide bonds. The molecule has 12 nitrogen and oxygen atoms in total. The van der Waals surface area contributed by atoms with Gasteiger partial charge in [-0.1, -0.05) is 17.3 Å². The summed E-state index contributed by atoms with van der Waals surface area (Å²) in [6.45, 7) is 2.34. The van der Waals surface area contributed by atoms with Crippen molar-refractivity contribution < 1.29 is 33.9 Å². The number of β-lactam (4-membered cyclic amide) rings is 1. The molecule has 1 aromatic heterocycles. The number of nitrogens with zero attached hydrogens (tertiary/aromatic N) is 3. The Kier molecular flexibility index (Phi) is 7.15. The number of nitrogens with two attached hydrogens (primary N) is 1. The highest BCUT2D eigenvalue weighted by Gasteiger charge is 2.54. The highest BCUT2D eigenvalue weighted by molar-refractivity contribution is 8.00. The summed E-state index contributed by atoms with van der Waals surface area (Å²) in [6, 6.07) is -0.969. The lowest BCUT2D eigenvalue weighted by Gasteiger charge is -2.49. The van der Waals surface area contributed by atoms with Crippen molar-refractivity contribution in [2.75, 3.05) is 18.3 Å². The maximum absolute atomic E-state index is 12.8. The highest BCUT2D eigenvalue weighted by Crippen LogP contribution is 2.41. The average Bonchev–Trinajstić information content (AvgIpc) is 3.17. The number of oxime groups is 1. The average molecular weight is 482 g/mol. The van der Waals surface area contributed by atoms with Crippen LogP contribution in [0.2, 0.25) is 0 Å². The van der Waals surface area contributed by atoms with Crippen LogP contribution in [0.25, 0.3) is 0 Å². The number of nitrogens with one attached hydrogen (secondary N) is 1. The first kappa shape index (κ1) is 23.3. The molecule has 14 heteroatoms. The fraction of sp³-hybridized carbons (Fsp3) is 0.333. The van der Waals surface area contributed by atoms with Gasteiger partial charge in [-0.05, 0) is 12.5 Å². The quantitative estimate of drug-likeness (QED) is 0.122. The van der Waals surface area contributed by atoms with Crippen LogP contribution in [0.5, 0.6) is 0 Å². The zero-order valence-corrected chi connectivity index (χ0v) is 18.6. The van der Waals surface area contributed by atoms with Crippen molar-refractivity contribution in [3.8, 4) is 0 Å². The summed E-state index contributed by atoms with van der Waals surface area (Å²) in [5.41, 5.74) is 5.78. The van der Waals surface area contributed by atoms with Crippen molar-refractivity contribution >= 4 is 57.7 Å². The lowest BCUT2D eigenvalue weighted by molar-refractivity contribution is -0.166. The van der Waals surface area contributed by atoms with Gasteiger partial charge in [0.05, 0.1) is 0 Å². The van der Waals surface area contributed by atoms with E-state index in [2.05, 4.69) is 20.2 Å². The molecule has 2 aliphatic heterocycles. The maximum atomic E-state index is 12.8. The third-order valence-corrected chi connectivity index (χ3v) is 6.35. The number of amides is 2. The van der Waals surface area contributed by atoms with Gasteiger partial charge < -0.3 is 25.7 Å². The van der Waals surface area contributed by atoms with Crippen molar-refractivity contribution in [3.63, 3.8) is 0 Å². The van der Waals surface area contributed by atoms with Gasteiger partial charge in [-0.2, -0.15) is 0 Å². The number of nitrogen functional groups attached to an aromatic ring is 1. The minimum Gasteiger partial charge on any atom is -0.428 e. The van der Waals surface area contributed by atoms with E-state index < -0.39 is 47.7 Å². The van der Waals surface area contributed by atoms with E-state index in [9.17, 15) is 24.4 Å². The first-order chi connectivity index (χ1) is 15.3. The number of aromatic nitrogens is 1. The molecule has 2 aliphatic rings. The van der Waals surface area contributed by atoms with Crippen molar-refractivity contribution in [2.45, 2.75) is 25.3 Å². The number of fused-ring (bicyclic) bond motifs is 1. The van der Waals surface area contributed by atoms with Crippen molar-refractivity contribution in [3.05, 3.63) is 34.5 Å². The molecule has 0 saturated carbocycles. The Morgan fingerprint density at radius 2 is 2.19 bits per heavy atom. The van der Waals surface area contributed by atoms with Crippen LogP contribution in [-0.2, 0) is 28.7 Å². The number of thiazole rings is 1. The molecule has 4 N–H and O–H groups in total. The van der Waals surface area contributed by atoms with Crippen LogP contribution in [0.3, 0.4) is 0 Å². The molecule has 2 atom stereocenters. The van der Waals surface area contributed by atoms with E-state index in [1.165, 1.54) is 29.0 Å². The molecule has 1 fully saturated rings. The molecule has 1 saturated heterocycles. The van der Waals surface area contributed by atoms with Crippen LogP contribution >= 0.6 is 23.1 Å². The van der Waals surface area contributed by atoms with E-state index in [1.807, 2.05) is 0 Å². The molecule has 0 aromatic carbocycles. The molecule has 0 spiro atoms. The molecule has 0 unspecified atom stereocenters. The van der Waals surface area contributed by atoms with Crippen molar-refractivity contribution in [2.24, 2.45) is 5.16 Å². The van der Waals surface area contributed by atoms with Gasteiger partial charge in [-0.3, -0.25) is 19.3 Å². The van der Waals surface area contributed by atoms with E-state index in [0.29, 0.717) is 11.3 Å². The number of hydrogen-bond acceptors (Lipinski definition) is 12. The lowest BCUT2D eigenvalue weighted by Crippen LogP contribution is -2.71. The maximum Gasteiger partial charge on any atom is 0.358 e. The number of carbonyl (C=O) groups is 4. The summed E-state index contributed by atoms with van der Waals surface area (Å²) in [5, 5.41) is 15.7. The molecule has 3 rings (SSSR count). The summed E-state index contributed by atoms with van der Waals surface area (Å²) in [7, 11) is 0. The summed E-state index contributed by atoms with van der Waals surface area (Å²) in [4.78, 5) is 54.0. The van der Waals surface area contributed by atoms with Gasteiger partial charge in [0.1, 0.15) is 22.8 Å². The largest absolute Gasteiger partial charge is 0.428 e. The molecule has 1 aromatic rings. The summed E-state index contributed by atoms with van der Waals surface area (Å²) in [6.07, 6.45) is 3.39. The minimum atomic E-state index is -0.969. The number of esters is 2. The Balaban J connectivity index is 1.76. The van der Waals surface area contributed by atoms with E-state index in [0.717, 1.165) is 11.3 Å². The van der Waals surface area contributed by atoms with E-state index >= 15 is 0 Å². The molecule has 0 bridgehead atoms. The SMILES string of the molecule is C/C=C\C1=C(C(=O)OCOC(C)=O)N2C(=O)[C@@H](NC(=O)/C(=N\O)c3csc(N)n3)[C@H]2SC1. The first-order valence-electron chi connectivity index (χ1n) is 9.13. The standard InChI is InChI=1S/C18H19N5O7S2/c1-3-4-9-5-31-16-12(21-14(25)11(22-28)10-6-32-18(19)20-10)15(26)23(16)13(9)17(27)30-7-29-8(2)24/h3-4,6,12,16,28H,5,7H2,1-2H3,(H2,19,20)(H,21,25)/b4-3-,22-11-/t12-,16-/m1/s1. The second-order valence-electron chi connectivity index (χ2n) is 6.44. The zero-order valence-electron chi connectivity index (χ0n) is 16.9. The second kappa shape index (κ2) is 9.82. The first-order valence-corrected chi connectivity index (χ1v) is 11.1. The van der Waals surface area contributed by atoms with Crippen molar-refractivity contribution in [1.29, 1.82) is 0 Å². The molecule has 170 valence electrons. The van der Waals surface area contributed by atoms with E-state index in [1.54, 1.807) is 19.1 Å². The van der Waals surface area contributed by atoms with Gasteiger partial charge >= 0.3 is 11.9 Å². The molecular formula is C18H19N5O7S2. The van der Waals surface area contributed by atoms with Crippen LogP contribution in [0.4, 0.5) is 5.13 Å². The Morgan fingerprint density at radius 1 is 1.44 bits per heavy atom. The molecular weight excluding hydrogens is 462 g/mol. The number of ether oxygens (including phenoxy) is 2. The van der Waals surface area contributed by atoms with Crippen LogP contribution in [0.15, 0.2) is 34.0 Å². The number of thioether (sulfide) groups is 1. The second-order valence-corrected chi connectivity index (χ2v) is 8.43. The van der Waals surface area contributed by atoms with Gasteiger partial charge in [0.2, 0.25) is 6.79 Å². The number of anilines is 1. The zero-order chi connectivity index (χ0) is 23.4.